The Morgan fingerprint density at radius 2 is 1.79 bits per heavy atom. The van der Waals surface area contributed by atoms with E-state index in [9.17, 15) is 13.6 Å². The second-order valence-electron chi connectivity index (χ2n) is 4.10. The SMILES string of the molecule is CC(=O)c1ccc(OCc2ccc(F)cc2F)cc1. The second-order valence-corrected chi connectivity index (χ2v) is 4.10. The van der Waals surface area contributed by atoms with Gasteiger partial charge in [0.2, 0.25) is 0 Å². The Hall–Kier alpha value is -2.23. The summed E-state index contributed by atoms with van der Waals surface area (Å²) in [5.41, 5.74) is 0.859. The smallest absolute Gasteiger partial charge is 0.159 e. The van der Waals surface area contributed by atoms with Crippen molar-refractivity contribution in [3.63, 3.8) is 0 Å². The Balaban J connectivity index is 2.04. The van der Waals surface area contributed by atoms with Crippen molar-refractivity contribution in [3.8, 4) is 5.75 Å². The first-order valence-corrected chi connectivity index (χ1v) is 5.74. The Bertz CT molecular complexity index is 592. The number of carbonyl (C=O) groups excluding carboxylic acids is 1. The number of ketones is 1. The maximum Gasteiger partial charge on any atom is 0.159 e. The molecule has 2 aromatic carbocycles. The molecule has 0 saturated carbocycles. The molecule has 0 aliphatic heterocycles. The van der Waals surface area contributed by atoms with E-state index in [4.69, 9.17) is 4.74 Å². The first-order valence-electron chi connectivity index (χ1n) is 5.74. The number of ether oxygens (including phenoxy) is 1. The highest BCUT2D eigenvalue weighted by molar-refractivity contribution is 5.94. The number of hydrogen-bond acceptors (Lipinski definition) is 2. The molecule has 19 heavy (non-hydrogen) atoms. The van der Waals surface area contributed by atoms with Gasteiger partial charge in [-0.25, -0.2) is 8.78 Å². The van der Waals surface area contributed by atoms with Gasteiger partial charge >= 0.3 is 0 Å². The molecule has 0 N–H and O–H groups in total. The minimum absolute atomic E-state index is 0.00549. The zero-order valence-electron chi connectivity index (χ0n) is 10.3. The lowest BCUT2D eigenvalue weighted by Gasteiger charge is -2.07. The van der Waals surface area contributed by atoms with Crippen molar-refractivity contribution in [1.82, 2.24) is 0 Å². The van der Waals surface area contributed by atoms with Crippen molar-refractivity contribution in [1.29, 1.82) is 0 Å². The van der Waals surface area contributed by atoms with E-state index in [1.807, 2.05) is 0 Å². The van der Waals surface area contributed by atoms with E-state index in [0.29, 0.717) is 11.3 Å². The Morgan fingerprint density at radius 3 is 2.37 bits per heavy atom. The van der Waals surface area contributed by atoms with Gasteiger partial charge in [0.25, 0.3) is 0 Å². The topological polar surface area (TPSA) is 26.3 Å². The first kappa shape index (κ1) is 13.2. The van der Waals surface area contributed by atoms with Gasteiger partial charge in [-0.1, -0.05) is 0 Å². The lowest BCUT2D eigenvalue weighted by molar-refractivity contribution is 0.101. The van der Waals surface area contributed by atoms with Gasteiger partial charge in [0, 0.05) is 17.2 Å². The summed E-state index contributed by atoms with van der Waals surface area (Å²) in [5, 5.41) is 0. The molecule has 0 fully saturated rings. The van der Waals surface area contributed by atoms with Gasteiger partial charge in [-0.05, 0) is 43.3 Å². The third kappa shape index (κ3) is 3.37. The molecule has 2 rings (SSSR count). The zero-order chi connectivity index (χ0) is 13.8. The molecule has 0 radical (unpaired) electrons. The Labute approximate surface area is 109 Å². The summed E-state index contributed by atoms with van der Waals surface area (Å²) in [6.45, 7) is 1.48. The van der Waals surface area contributed by atoms with Crippen molar-refractivity contribution in [3.05, 3.63) is 65.2 Å². The van der Waals surface area contributed by atoms with Crippen LogP contribution in [0.5, 0.6) is 5.75 Å². The first-order chi connectivity index (χ1) is 9.06. The van der Waals surface area contributed by atoms with Crippen LogP contribution in [0.15, 0.2) is 42.5 Å². The van der Waals surface area contributed by atoms with Crippen molar-refractivity contribution >= 4 is 5.78 Å². The molecule has 0 aliphatic carbocycles. The van der Waals surface area contributed by atoms with E-state index in [2.05, 4.69) is 0 Å². The number of halogens is 2. The van der Waals surface area contributed by atoms with Crippen LogP contribution in [0.4, 0.5) is 8.78 Å². The quantitative estimate of drug-likeness (QED) is 0.784. The van der Waals surface area contributed by atoms with E-state index in [1.54, 1.807) is 24.3 Å². The normalized spacial score (nSPS) is 10.3. The standard InChI is InChI=1S/C15H12F2O2/c1-10(18)11-3-6-14(7-4-11)19-9-12-2-5-13(16)8-15(12)17/h2-8H,9H2,1H3. The van der Waals surface area contributed by atoms with Crippen LogP contribution in [-0.4, -0.2) is 5.78 Å². The van der Waals surface area contributed by atoms with Crippen LogP contribution < -0.4 is 4.74 Å². The summed E-state index contributed by atoms with van der Waals surface area (Å²) < 4.78 is 31.5. The molecule has 0 aromatic heterocycles. The van der Waals surface area contributed by atoms with Gasteiger partial charge < -0.3 is 4.74 Å². The summed E-state index contributed by atoms with van der Waals surface area (Å²) in [5.74, 6) is -0.766. The molecule has 4 heteroatoms. The van der Waals surface area contributed by atoms with E-state index in [1.165, 1.54) is 19.1 Å². The summed E-state index contributed by atoms with van der Waals surface area (Å²) in [4.78, 5) is 11.1. The van der Waals surface area contributed by atoms with Crippen LogP contribution >= 0.6 is 0 Å². The summed E-state index contributed by atoms with van der Waals surface area (Å²) >= 11 is 0. The van der Waals surface area contributed by atoms with Gasteiger partial charge in [-0.15, -0.1) is 0 Å². The number of Topliss-reactive ketones (excluding diaryl/α,β-unsaturated/α-hetero) is 1. The fourth-order valence-electron chi connectivity index (χ4n) is 1.59. The molecule has 2 nitrogen and oxygen atoms in total. The van der Waals surface area contributed by atoms with E-state index >= 15 is 0 Å². The van der Waals surface area contributed by atoms with Crippen LogP contribution in [0.1, 0.15) is 22.8 Å². The van der Waals surface area contributed by atoms with Gasteiger partial charge in [0.05, 0.1) is 0 Å². The average molecular weight is 262 g/mol. The number of hydrogen-bond donors (Lipinski definition) is 0. The summed E-state index contributed by atoms with van der Waals surface area (Å²) in [6, 6.07) is 9.89. The van der Waals surface area contributed by atoms with Crippen LogP contribution in [0.3, 0.4) is 0 Å². The van der Waals surface area contributed by atoms with E-state index in [0.717, 1.165) is 6.07 Å². The van der Waals surface area contributed by atoms with Gasteiger partial charge in [-0.3, -0.25) is 4.79 Å². The summed E-state index contributed by atoms with van der Waals surface area (Å²) in [7, 11) is 0. The van der Waals surface area contributed by atoms with Crippen LogP contribution in [0.25, 0.3) is 0 Å². The van der Waals surface area contributed by atoms with Crippen LogP contribution in [0.2, 0.25) is 0 Å². The molecule has 0 aliphatic rings. The van der Waals surface area contributed by atoms with Crippen molar-refractivity contribution in [2.75, 3.05) is 0 Å². The van der Waals surface area contributed by atoms with Crippen LogP contribution in [0, 0.1) is 11.6 Å². The molecule has 0 atom stereocenters. The number of rotatable bonds is 4. The fourth-order valence-corrected chi connectivity index (χ4v) is 1.59. The highest BCUT2D eigenvalue weighted by Crippen LogP contribution is 2.16. The number of carbonyl (C=O) groups is 1. The minimum Gasteiger partial charge on any atom is -0.489 e. The molecule has 0 unspecified atom stereocenters. The summed E-state index contributed by atoms with van der Waals surface area (Å²) in [6.07, 6.45) is 0. The Morgan fingerprint density at radius 1 is 1.11 bits per heavy atom. The predicted octanol–water partition coefficient (Wildman–Crippen LogP) is 3.75. The van der Waals surface area contributed by atoms with Gasteiger partial charge in [0.1, 0.15) is 24.0 Å². The van der Waals surface area contributed by atoms with E-state index < -0.39 is 11.6 Å². The van der Waals surface area contributed by atoms with Crippen molar-refractivity contribution in [2.45, 2.75) is 13.5 Å². The molecule has 0 bridgehead atoms. The largest absolute Gasteiger partial charge is 0.489 e. The predicted molar refractivity (Wildman–Crippen MR) is 67.1 cm³/mol. The third-order valence-electron chi connectivity index (χ3n) is 2.67. The molecule has 0 amide bonds. The maximum atomic E-state index is 13.4. The second kappa shape index (κ2) is 5.61. The van der Waals surface area contributed by atoms with Gasteiger partial charge in [0.15, 0.2) is 5.78 Å². The highest BCUT2D eigenvalue weighted by Gasteiger charge is 2.05. The minimum atomic E-state index is -0.639. The lowest BCUT2D eigenvalue weighted by atomic mass is 10.1. The van der Waals surface area contributed by atoms with Gasteiger partial charge in [-0.2, -0.15) is 0 Å². The van der Waals surface area contributed by atoms with E-state index in [-0.39, 0.29) is 18.0 Å². The molecule has 2 aromatic rings. The molecule has 0 saturated heterocycles. The molecule has 98 valence electrons. The molecule has 0 heterocycles. The molecular weight excluding hydrogens is 250 g/mol. The average Bonchev–Trinajstić information content (AvgIpc) is 2.38. The molecular formula is C15H12F2O2. The highest BCUT2D eigenvalue weighted by atomic mass is 19.1. The lowest BCUT2D eigenvalue weighted by Crippen LogP contribution is -1.99. The number of benzene rings is 2. The zero-order valence-corrected chi connectivity index (χ0v) is 10.3. The third-order valence-corrected chi connectivity index (χ3v) is 2.67. The maximum absolute atomic E-state index is 13.4. The van der Waals surface area contributed by atoms with Crippen LogP contribution in [-0.2, 0) is 6.61 Å². The fraction of sp³-hybridized carbons (Fsp3) is 0.133. The van der Waals surface area contributed by atoms with Crippen molar-refractivity contribution < 1.29 is 18.3 Å². The Kier molecular flexibility index (Phi) is 3.90. The molecule has 0 spiro atoms. The van der Waals surface area contributed by atoms with Crippen molar-refractivity contribution in [2.24, 2.45) is 0 Å². The monoisotopic (exact) mass is 262 g/mol.